The van der Waals surface area contributed by atoms with Crippen LogP contribution in [-0.4, -0.2) is 23.5 Å². The highest BCUT2D eigenvalue weighted by Gasteiger charge is 2.11. The Morgan fingerprint density at radius 2 is 1.82 bits per heavy atom. The molecule has 7 heteroatoms. The van der Waals surface area contributed by atoms with Crippen LogP contribution in [0.3, 0.4) is 0 Å². The van der Waals surface area contributed by atoms with E-state index in [0.29, 0.717) is 24.2 Å². The molecular formula is C15H19NO6. The number of nitro benzene ring substituents is 1. The van der Waals surface area contributed by atoms with Crippen LogP contribution in [0, 0.1) is 17.0 Å². The molecular weight excluding hydrogens is 290 g/mol. The van der Waals surface area contributed by atoms with Crippen molar-refractivity contribution in [1.82, 2.24) is 0 Å². The quantitative estimate of drug-likeness (QED) is 0.416. The fourth-order valence-corrected chi connectivity index (χ4v) is 1.86. The smallest absolute Gasteiger partial charge is 0.306 e. The molecule has 0 saturated heterocycles. The molecule has 1 aromatic carbocycles. The highest BCUT2D eigenvalue weighted by atomic mass is 16.6. The molecule has 7 nitrogen and oxygen atoms in total. The number of hydrogen-bond acceptors (Lipinski definition) is 6. The van der Waals surface area contributed by atoms with Gasteiger partial charge in [0.1, 0.15) is 6.61 Å². The maximum Gasteiger partial charge on any atom is 0.306 e. The number of nitrogens with zero attached hydrogens (tertiary/aromatic N) is 1. The van der Waals surface area contributed by atoms with Crippen molar-refractivity contribution < 1.29 is 24.0 Å². The Balaban J connectivity index is 2.37. The standard InChI is InChI=1S/C15H19NO6/c1-3-21-14(17)5-4-6-15(18)22-10-12-7-8-13(16(19)20)11(2)9-12/h7-9H,3-6,10H2,1-2H3. The lowest BCUT2D eigenvalue weighted by Gasteiger charge is -2.06. The number of hydrogen-bond donors (Lipinski definition) is 0. The van der Waals surface area contributed by atoms with Crippen LogP contribution in [0.25, 0.3) is 0 Å². The Kier molecular flexibility index (Phi) is 7.01. The van der Waals surface area contributed by atoms with Gasteiger partial charge in [0.2, 0.25) is 0 Å². The molecule has 0 N–H and O–H groups in total. The summed E-state index contributed by atoms with van der Waals surface area (Å²) in [5.74, 6) is -0.749. The molecule has 0 amide bonds. The minimum Gasteiger partial charge on any atom is -0.466 e. The Hall–Kier alpha value is -2.44. The van der Waals surface area contributed by atoms with Gasteiger partial charge in [0, 0.05) is 24.5 Å². The summed E-state index contributed by atoms with van der Waals surface area (Å²) in [7, 11) is 0. The molecule has 0 atom stereocenters. The lowest BCUT2D eigenvalue weighted by atomic mass is 10.1. The Labute approximate surface area is 128 Å². The molecule has 0 radical (unpaired) electrons. The van der Waals surface area contributed by atoms with E-state index in [1.165, 1.54) is 6.07 Å². The summed E-state index contributed by atoms with van der Waals surface area (Å²) in [4.78, 5) is 32.9. The molecule has 22 heavy (non-hydrogen) atoms. The van der Waals surface area contributed by atoms with Gasteiger partial charge in [-0.05, 0) is 38.0 Å². The summed E-state index contributed by atoms with van der Waals surface area (Å²) in [6, 6.07) is 4.56. The van der Waals surface area contributed by atoms with Crippen molar-refractivity contribution in [2.24, 2.45) is 0 Å². The van der Waals surface area contributed by atoms with Crippen molar-refractivity contribution in [3.63, 3.8) is 0 Å². The minimum absolute atomic E-state index is 0.0320. The number of rotatable bonds is 8. The van der Waals surface area contributed by atoms with E-state index in [0.717, 1.165) is 0 Å². The van der Waals surface area contributed by atoms with E-state index in [4.69, 9.17) is 9.47 Å². The lowest BCUT2D eigenvalue weighted by Crippen LogP contribution is -2.08. The van der Waals surface area contributed by atoms with Crippen LogP contribution in [0.15, 0.2) is 18.2 Å². The zero-order chi connectivity index (χ0) is 16.5. The van der Waals surface area contributed by atoms with Crippen molar-refractivity contribution >= 4 is 17.6 Å². The molecule has 0 saturated carbocycles. The predicted octanol–water partition coefficient (Wildman–Crippen LogP) is 2.68. The molecule has 120 valence electrons. The van der Waals surface area contributed by atoms with Crippen LogP contribution in [0.4, 0.5) is 5.69 Å². The zero-order valence-electron chi connectivity index (χ0n) is 12.7. The van der Waals surface area contributed by atoms with Gasteiger partial charge in [-0.25, -0.2) is 0 Å². The third kappa shape index (κ3) is 5.90. The lowest BCUT2D eigenvalue weighted by molar-refractivity contribution is -0.385. The number of nitro groups is 1. The van der Waals surface area contributed by atoms with Crippen molar-refractivity contribution in [2.75, 3.05) is 6.61 Å². The summed E-state index contributed by atoms with van der Waals surface area (Å²) in [5.41, 5.74) is 1.23. The summed E-state index contributed by atoms with van der Waals surface area (Å²) >= 11 is 0. The summed E-state index contributed by atoms with van der Waals surface area (Å²) in [5, 5.41) is 10.7. The molecule has 0 aromatic heterocycles. The SMILES string of the molecule is CCOC(=O)CCCC(=O)OCc1ccc([N+](=O)[O-])c(C)c1. The first kappa shape index (κ1) is 17.6. The van der Waals surface area contributed by atoms with Crippen molar-refractivity contribution in [3.8, 4) is 0 Å². The molecule has 0 unspecified atom stereocenters. The van der Waals surface area contributed by atoms with Crippen LogP contribution >= 0.6 is 0 Å². The molecule has 0 fully saturated rings. The number of esters is 2. The first-order valence-electron chi connectivity index (χ1n) is 6.99. The van der Waals surface area contributed by atoms with Crippen LogP contribution in [0.2, 0.25) is 0 Å². The molecule has 0 spiro atoms. The van der Waals surface area contributed by atoms with Crippen LogP contribution < -0.4 is 0 Å². The summed E-state index contributed by atoms with van der Waals surface area (Å²) in [6.45, 7) is 3.72. The zero-order valence-corrected chi connectivity index (χ0v) is 12.7. The van der Waals surface area contributed by atoms with E-state index in [-0.39, 0.29) is 31.1 Å². The second kappa shape index (κ2) is 8.76. The van der Waals surface area contributed by atoms with E-state index in [9.17, 15) is 19.7 Å². The van der Waals surface area contributed by atoms with Crippen molar-refractivity contribution in [1.29, 1.82) is 0 Å². The Morgan fingerprint density at radius 3 is 2.36 bits per heavy atom. The number of benzene rings is 1. The fourth-order valence-electron chi connectivity index (χ4n) is 1.86. The number of aryl methyl sites for hydroxylation is 1. The number of carbonyl (C=O) groups excluding carboxylic acids is 2. The maximum atomic E-state index is 11.5. The summed E-state index contributed by atoms with van der Waals surface area (Å²) in [6.07, 6.45) is 0.682. The van der Waals surface area contributed by atoms with Crippen LogP contribution in [-0.2, 0) is 25.7 Å². The van der Waals surface area contributed by atoms with Gasteiger partial charge in [-0.3, -0.25) is 19.7 Å². The van der Waals surface area contributed by atoms with E-state index >= 15 is 0 Å². The van der Waals surface area contributed by atoms with Crippen molar-refractivity contribution in [2.45, 2.75) is 39.7 Å². The predicted molar refractivity (Wildman–Crippen MR) is 78.1 cm³/mol. The summed E-state index contributed by atoms with van der Waals surface area (Å²) < 4.78 is 9.81. The van der Waals surface area contributed by atoms with E-state index in [2.05, 4.69) is 0 Å². The minimum atomic E-state index is -0.458. The normalized spacial score (nSPS) is 10.1. The monoisotopic (exact) mass is 309 g/mol. The molecule has 0 bridgehead atoms. The molecule has 0 heterocycles. The van der Waals surface area contributed by atoms with E-state index in [1.54, 1.807) is 26.0 Å². The van der Waals surface area contributed by atoms with Gasteiger partial charge in [0.25, 0.3) is 5.69 Å². The van der Waals surface area contributed by atoms with Gasteiger partial charge in [-0.15, -0.1) is 0 Å². The van der Waals surface area contributed by atoms with Crippen molar-refractivity contribution in [3.05, 3.63) is 39.4 Å². The third-order valence-electron chi connectivity index (χ3n) is 2.92. The molecule has 0 aliphatic carbocycles. The average molecular weight is 309 g/mol. The molecule has 0 aliphatic rings. The second-order valence-electron chi connectivity index (χ2n) is 4.70. The first-order valence-corrected chi connectivity index (χ1v) is 6.99. The maximum absolute atomic E-state index is 11.5. The first-order chi connectivity index (χ1) is 10.4. The van der Waals surface area contributed by atoms with E-state index in [1.807, 2.05) is 0 Å². The average Bonchev–Trinajstić information content (AvgIpc) is 2.45. The van der Waals surface area contributed by atoms with E-state index < -0.39 is 10.9 Å². The van der Waals surface area contributed by atoms with Gasteiger partial charge < -0.3 is 9.47 Å². The topological polar surface area (TPSA) is 95.7 Å². The Bertz CT molecular complexity index is 555. The molecule has 0 aliphatic heterocycles. The largest absolute Gasteiger partial charge is 0.466 e. The van der Waals surface area contributed by atoms with Gasteiger partial charge in [0.15, 0.2) is 0 Å². The highest BCUT2D eigenvalue weighted by Crippen LogP contribution is 2.19. The Morgan fingerprint density at radius 1 is 1.18 bits per heavy atom. The van der Waals surface area contributed by atoms with Gasteiger partial charge in [-0.2, -0.15) is 0 Å². The fraction of sp³-hybridized carbons (Fsp3) is 0.467. The van der Waals surface area contributed by atoms with Gasteiger partial charge in [0.05, 0.1) is 11.5 Å². The molecule has 1 aromatic rings. The number of ether oxygens (including phenoxy) is 2. The number of carbonyl (C=O) groups is 2. The van der Waals surface area contributed by atoms with Crippen LogP contribution in [0.1, 0.15) is 37.3 Å². The van der Waals surface area contributed by atoms with Crippen LogP contribution in [0.5, 0.6) is 0 Å². The van der Waals surface area contributed by atoms with Gasteiger partial charge >= 0.3 is 11.9 Å². The van der Waals surface area contributed by atoms with Gasteiger partial charge in [-0.1, -0.05) is 0 Å². The molecule has 1 rings (SSSR count). The third-order valence-corrected chi connectivity index (χ3v) is 2.92. The second-order valence-corrected chi connectivity index (χ2v) is 4.70. The highest BCUT2D eigenvalue weighted by molar-refractivity contribution is 5.72.